The van der Waals surface area contributed by atoms with Gasteiger partial charge in [0.1, 0.15) is 5.69 Å². The number of aromatic nitrogens is 5. The van der Waals surface area contributed by atoms with Gasteiger partial charge in [0, 0.05) is 44.4 Å². The average Bonchev–Trinajstić information content (AvgIpc) is 3.35. The Bertz CT molecular complexity index is 923. The molecule has 0 fully saturated rings. The number of rotatable bonds is 2. The quantitative estimate of drug-likeness (QED) is 0.359. The van der Waals surface area contributed by atoms with Gasteiger partial charge in [-0.3, -0.25) is 9.67 Å². The molecule has 0 unspecified atom stereocenters. The first-order valence-corrected chi connectivity index (χ1v) is 7.50. The Labute approximate surface area is 166 Å². The molecule has 3 aromatic heterocycles. The molecule has 141 valence electrons. The van der Waals surface area contributed by atoms with Crippen molar-refractivity contribution in [2.75, 3.05) is 0 Å². The van der Waals surface area contributed by atoms with Crippen molar-refractivity contribution in [3.05, 3.63) is 84.9 Å². The second-order valence-corrected chi connectivity index (χ2v) is 5.03. The van der Waals surface area contributed by atoms with Crippen LogP contribution in [0.1, 0.15) is 5.69 Å². The molecule has 1 aromatic carbocycles. The molecule has 0 saturated heterocycles. The molecule has 1 radical (unpaired) electrons. The molecule has 27 heavy (non-hydrogen) atoms. The number of para-hydroxylation sites is 1. The molecule has 0 amide bonds. The van der Waals surface area contributed by atoms with Gasteiger partial charge in [0.2, 0.25) is 0 Å². The number of benzene rings is 1. The molecule has 0 N–H and O–H groups in total. The number of hydrogen-bond donors (Lipinski definition) is 0. The summed E-state index contributed by atoms with van der Waals surface area (Å²) in [6, 6.07) is 18.5. The summed E-state index contributed by atoms with van der Waals surface area (Å²) in [6.45, 7) is 0. The summed E-state index contributed by atoms with van der Waals surface area (Å²) in [5.74, 6) is 0. The first-order valence-electron chi connectivity index (χ1n) is 7.50. The molecule has 5 nitrogen and oxygen atoms in total. The summed E-state index contributed by atoms with van der Waals surface area (Å²) in [6.07, 6.45) is 0.671. The van der Waals surface area contributed by atoms with Crippen molar-refractivity contribution in [2.45, 2.75) is 6.18 Å². The van der Waals surface area contributed by atoms with E-state index in [9.17, 15) is 13.2 Å². The molecule has 0 aliphatic heterocycles. The van der Waals surface area contributed by atoms with Crippen LogP contribution in [0.3, 0.4) is 0 Å². The van der Waals surface area contributed by atoms with Crippen LogP contribution >= 0.6 is 0 Å². The van der Waals surface area contributed by atoms with Crippen molar-refractivity contribution in [3.8, 4) is 17.1 Å². The first-order chi connectivity index (χ1) is 12.5. The van der Waals surface area contributed by atoms with E-state index in [1.807, 2.05) is 36.5 Å². The first kappa shape index (κ1) is 20.5. The van der Waals surface area contributed by atoms with Crippen LogP contribution in [-0.4, -0.2) is 19.9 Å². The number of pyridine rings is 1. The predicted molar refractivity (Wildman–Crippen MR) is 88.2 cm³/mol. The average molecular weight is 548 g/mol. The van der Waals surface area contributed by atoms with Gasteiger partial charge in [0.05, 0.1) is 0 Å². The standard InChI is InChI=1S/C9H5F3N3.C9H7N2.Ir/c10-9(11,12)8-5-7(14-15-8)6-3-1-2-4-13-6;1-2-5-9(6-3-1)11-8-4-7-10-11;/h1-5H;1-5,7-8H;/q2*-1;. The van der Waals surface area contributed by atoms with Crippen molar-refractivity contribution >= 4 is 0 Å². The van der Waals surface area contributed by atoms with Crippen molar-refractivity contribution in [2.24, 2.45) is 0 Å². The van der Waals surface area contributed by atoms with Crippen LogP contribution in [0.4, 0.5) is 13.2 Å². The fourth-order valence-electron chi connectivity index (χ4n) is 2.01. The number of alkyl halides is 3. The van der Waals surface area contributed by atoms with Gasteiger partial charge < -0.3 is 10.2 Å². The van der Waals surface area contributed by atoms with Crippen LogP contribution in [0, 0.1) is 6.07 Å². The Balaban J connectivity index is 0.000000194. The Morgan fingerprint density at radius 3 is 2.37 bits per heavy atom. The fraction of sp³-hybridized carbons (Fsp3) is 0.0556. The molecule has 0 saturated carbocycles. The molecule has 4 aromatic rings. The third-order valence-corrected chi connectivity index (χ3v) is 3.20. The Morgan fingerprint density at radius 2 is 1.81 bits per heavy atom. The normalized spacial score (nSPS) is 10.5. The maximum atomic E-state index is 12.2. The van der Waals surface area contributed by atoms with Gasteiger partial charge in [-0.1, -0.05) is 11.8 Å². The minimum absolute atomic E-state index is 0. The molecule has 0 spiro atoms. The minimum Gasteiger partial charge on any atom is -0.573 e. The van der Waals surface area contributed by atoms with Crippen molar-refractivity contribution < 1.29 is 33.3 Å². The van der Waals surface area contributed by atoms with Gasteiger partial charge >= 0.3 is 6.18 Å². The summed E-state index contributed by atoms with van der Waals surface area (Å²) in [5.41, 5.74) is 0.476. The maximum Gasteiger partial charge on any atom is 0.431 e. The zero-order valence-corrected chi connectivity index (χ0v) is 16.0. The van der Waals surface area contributed by atoms with E-state index in [0.717, 1.165) is 11.8 Å². The van der Waals surface area contributed by atoms with Gasteiger partial charge in [-0.15, -0.1) is 6.07 Å². The number of halogens is 3. The predicted octanol–water partition coefficient (Wildman–Crippen LogP) is 3.79. The summed E-state index contributed by atoms with van der Waals surface area (Å²) in [5, 5.41) is 10.5. The van der Waals surface area contributed by atoms with Crippen LogP contribution in [0.2, 0.25) is 0 Å². The number of nitrogens with zero attached hydrogens (tertiary/aromatic N) is 5. The monoisotopic (exact) mass is 548 g/mol. The minimum atomic E-state index is -4.46. The molecular formula is C18H12F3IrN5-2. The van der Waals surface area contributed by atoms with Crippen LogP contribution in [0.5, 0.6) is 0 Å². The summed E-state index contributed by atoms with van der Waals surface area (Å²) < 4.78 is 38.4. The summed E-state index contributed by atoms with van der Waals surface area (Å²) in [7, 11) is 0. The molecule has 9 heteroatoms. The molecule has 0 atom stereocenters. The smallest absolute Gasteiger partial charge is 0.431 e. The SMILES string of the molecule is FC(F)(F)c1cc(-c2ccccn2)[n-]n1.[Ir].[c-]1ccccc1-n1cccn1. The largest absolute Gasteiger partial charge is 0.573 e. The molecule has 0 bridgehead atoms. The Hall–Kier alpha value is -2.77. The van der Waals surface area contributed by atoms with Gasteiger partial charge in [-0.25, -0.2) is 0 Å². The van der Waals surface area contributed by atoms with E-state index in [0.29, 0.717) is 5.69 Å². The van der Waals surface area contributed by atoms with Gasteiger partial charge in [-0.2, -0.15) is 42.5 Å². The molecule has 0 aliphatic rings. The second kappa shape index (κ2) is 9.25. The van der Waals surface area contributed by atoms with Gasteiger partial charge in [-0.05, 0) is 30.0 Å². The van der Waals surface area contributed by atoms with E-state index >= 15 is 0 Å². The third-order valence-electron chi connectivity index (χ3n) is 3.20. The second-order valence-electron chi connectivity index (χ2n) is 5.03. The summed E-state index contributed by atoms with van der Waals surface area (Å²) >= 11 is 0. The van der Waals surface area contributed by atoms with E-state index in [-0.39, 0.29) is 25.8 Å². The van der Waals surface area contributed by atoms with Crippen LogP contribution in [0.15, 0.2) is 73.2 Å². The van der Waals surface area contributed by atoms with E-state index in [1.165, 1.54) is 6.20 Å². The van der Waals surface area contributed by atoms with Crippen molar-refractivity contribution in [3.63, 3.8) is 0 Å². The van der Waals surface area contributed by atoms with Crippen molar-refractivity contribution in [1.29, 1.82) is 0 Å². The van der Waals surface area contributed by atoms with Gasteiger partial charge in [0.25, 0.3) is 0 Å². The zero-order chi connectivity index (χ0) is 18.4. The van der Waals surface area contributed by atoms with Crippen molar-refractivity contribution in [1.82, 2.24) is 25.0 Å². The summed E-state index contributed by atoms with van der Waals surface area (Å²) in [4.78, 5) is 3.87. The molecule has 0 aliphatic carbocycles. The molecular weight excluding hydrogens is 535 g/mol. The topological polar surface area (TPSA) is 57.7 Å². The van der Waals surface area contributed by atoms with Crippen LogP contribution < -0.4 is 5.10 Å². The maximum absolute atomic E-state index is 12.2. The third kappa shape index (κ3) is 5.60. The van der Waals surface area contributed by atoms with Gasteiger partial charge in [0.15, 0.2) is 0 Å². The van der Waals surface area contributed by atoms with Crippen LogP contribution in [-0.2, 0) is 26.3 Å². The zero-order valence-electron chi connectivity index (χ0n) is 13.6. The number of hydrogen-bond acceptors (Lipinski definition) is 3. The van der Waals surface area contributed by atoms with E-state index in [4.69, 9.17) is 0 Å². The molecule has 3 heterocycles. The Kier molecular flexibility index (Phi) is 7.04. The van der Waals surface area contributed by atoms with Crippen LogP contribution in [0.25, 0.3) is 17.1 Å². The Morgan fingerprint density at radius 1 is 1.00 bits per heavy atom. The molecule has 4 rings (SSSR count). The van der Waals surface area contributed by atoms with E-state index < -0.39 is 11.9 Å². The van der Waals surface area contributed by atoms with E-state index in [1.54, 1.807) is 29.1 Å². The fourth-order valence-corrected chi connectivity index (χ4v) is 2.01. The van der Waals surface area contributed by atoms with E-state index in [2.05, 4.69) is 26.3 Å².